The normalized spacial score (nSPS) is 12.2. The van der Waals surface area contributed by atoms with Crippen molar-refractivity contribution < 1.29 is 4.74 Å². The molecular weight excluding hydrogens is 350 g/mol. The first kappa shape index (κ1) is 16.3. The SMILES string of the molecule is CCNC(C)c1ccc(Oc2cc(C)ccc2Cl)cc1Br. The highest BCUT2D eigenvalue weighted by Gasteiger charge is 2.10. The molecule has 0 saturated carbocycles. The molecule has 2 aromatic carbocycles. The van der Waals surface area contributed by atoms with Crippen molar-refractivity contribution in [1.82, 2.24) is 5.32 Å². The van der Waals surface area contributed by atoms with Crippen molar-refractivity contribution >= 4 is 27.5 Å². The zero-order chi connectivity index (χ0) is 15.4. The summed E-state index contributed by atoms with van der Waals surface area (Å²) < 4.78 is 6.91. The molecule has 0 amide bonds. The molecule has 0 spiro atoms. The molecule has 0 bridgehead atoms. The Labute approximate surface area is 139 Å². The number of rotatable bonds is 5. The highest BCUT2D eigenvalue weighted by Crippen LogP contribution is 2.33. The molecule has 0 aliphatic rings. The lowest BCUT2D eigenvalue weighted by Crippen LogP contribution is -2.17. The highest BCUT2D eigenvalue weighted by molar-refractivity contribution is 9.10. The van der Waals surface area contributed by atoms with Gasteiger partial charge in [0.1, 0.15) is 11.5 Å². The Hall–Kier alpha value is -1.03. The molecule has 1 atom stereocenters. The van der Waals surface area contributed by atoms with E-state index in [1.807, 2.05) is 37.3 Å². The number of nitrogens with one attached hydrogen (secondary N) is 1. The van der Waals surface area contributed by atoms with E-state index in [1.165, 1.54) is 5.56 Å². The van der Waals surface area contributed by atoms with Gasteiger partial charge in [0.05, 0.1) is 5.02 Å². The van der Waals surface area contributed by atoms with Crippen LogP contribution < -0.4 is 10.1 Å². The van der Waals surface area contributed by atoms with Gasteiger partial charge in [0.25, 0.3) is 0 Å². The largest absolute Gasteiger partial charge is 0.456 e. The summed E-state index contributed by atoms with van der Waals surface area (Å²) in [5.41, 5.74) is 2.32. The van der Waals surface area contributed by atoms with Crippen LogP contribution in [0.4, 0.5) is 0 Å². The van der Waals surface area contributed by atoms with Gasteiger partial charge in [0, 0.05) is 10.5 Å². The van der Waals surface area contributed by atoms with Crippen LogP contribution in [0, 0.1) is 6.92 Å². The van der Waals surface area contributed by atoms with Crippen molar-refractivity contribution in [2.45, 2.75) is 26.8 Å². The lowest BCUT2D eigenvalue weighted by molar-refractivity contribution is 0.481. The molecule has 0 aromatic heterocycles. The molecule has 0 fully saturated rings. The van der Waals surface area contributed by atoms with Crippen LogP contribution in [-0.2, 0) is 0 Å². The lowest BCUT2D eigenvalue weighted by Gasteiger charge is -2.16. The molecule has 2 aromatic rings. The van der Waals surface area contributed by atoms with E-state index in [2.05, 4.69) is 41.2 Å². The molecule has 0 radical (unpaired) electrons. The third-order valence-electron chi connectivity index (χ3n) is 3.26. The summed E-state index contributed by atoms with van der Waals surface area (Å²) in [6.45, 7) is 7.19. The first-order chi connectivity index (χ1) is 10.0. The van der Waals surface area contributed by atoms with Crippen LogP contribution in [0.5, 0.6) is 11.5 Å². The second-order valence-electron chi connectivity index (χ2n) is 5.00. The van der Waals surface area contributed by atoms with Crippen molar-refractivity contribution in [3.05, 3.63) is 57.0 Å². The Morgan fingerprint density at radius 2 is 2.00 bits per heavy atom. The molecule has 21 heavy (non-hydrogen) atoms. The van der Waals surface area contributed by atoms with Gasteiger partial charge in [-0.1, -0.05) is 46.6 Å². The highest BCUT2D eigenvalue weighted by atomic mass is 79.9. The second kappa shape index (κ2) is 7.30. The molecule has 2 rings (SSSR count). The first-order valence-electron chi connectivity index (χ1n) is 6.98. The summed E-state index contributed by atoms with van der Waals surface area (Å²) in [7, 11) is 0. The molecule has 1 unspecified atom stereocenters. The van der Waals surface area contributed by atoms with Gasteiger partial charge in [-0.25, -0.2) is 0 Å². The topological polar surface area (TPSA) is 21.3 Å². The van der Waals surface area contributed by atoms with Crippen LogP contribution in [0.1, 0.15) is 31.0 Å². The first-order valence-corrected chi connectivity index (χ1v) is 8.15. The Balaban J connectivity index is 2.22. The van der Waals surface area contributed by atoms with Crippen molar-refractivity contribution in [1.29, 1.82) is 0 Å². The van der Waals surface area contributed by atoms with E-state index >= 15 is 0 Å². The Morgan fingerprint density at radius 1 is 1.24 bits per heavy atom. The number of benzene rings is 2. The van der Waals surface area contributed by atoms with E-state index in [9.17, 15) is 0 Å². The summed E-state index contributed by atoms with van der Waals surface area (Å²) in [5, 5.41) is 4.01. The van der Waals surface area contributed by atoms with E-state index in [0.717, 1.165) is 22.3 Å². The molecule has 4 heteroatoms. The molecule has 0 heterocycles. The van der Waals surface area contributed by atoms with Crippen molar-refractivity contribution in [2.75, 3.05) is 6.54 Å². The van der Waals surface area contributed by atoms with Crippen LogP contribution in [0.3, 0.4) is 0 Å². The van der Waals surface area contributed by atoms with Gasteiger partial charge in [-0.2, -0.15) is 0 Å². The quantitative estimate of drug-likeness (QED) is 0.712. The van der Waals surface area contributed by atoms with Crippen LogP contribution in [0.25, 0.3) is 0 Å². The van der Waals surface area contributed by atoms with Gasteiger partial charge in [0.2, 0.25) is 0 Å². The third-order valence-corrected chi connectivity index (χ3v) is 4.26. The zero-order valence-electron chi connectivity index (χ0n) is 12.4. The molecular formula is C17H19BrClNO. The van der Waals surface area contributed by atoms with Gasteiger partial charge >= 0.3 is 0 Å². The maximum Gasteiger partial charge on any atom is 0.146 e. The van der Waals surface area contributed by atoms with E-state index in [0.29, 0.717) is 16.8 Å². The van der Waals surface area contributed by atoms with Crippen molar-refractivity contribution in [3.63, 3.8) is 0 Å². The number of aryl methyl sites for hydroxylation is 1. The molecule has 1 N–H and O–H groups in total. The fourth-order valence-corrected chi connectivity index (χ4v) is 3.01. The molecule has 0 saturated heterocycles. The van der Waals surface area contributed by atoms with E-state index in [-0.39, 0.29) is 0 Å². The van der Waals surface area contributed by atoms with Gasteiger partial charge in [-0.15, -0.1) is 0 Å². The monoisotopic (exact) mass is 367 g/mol. The predicted molar refractivity (Wildman–Crippen MR) is 92.5 cm³/mol. The van der Waals surface area contributed by atoms with Crippen molar-refractivity contribution in [3.8, 4) is 11.5 Å². The van der Waals surface area contributed by atoms with Crippen LogP contribution in [-0.4, -0.2) is 6.54 Å². The summed E-state index contributed by atoms with van der Waals surface area (Å²) in [6, 6.07) is 12.0. The van der Waals surface area contributed by atoms with E-state index in [4.69, 9.17) is 16.3 Å². The average molecular weight is 369 g/mol. The van der Waals surface area contributed by atoms with Crippen LogP contribution in [0.2, 0.25) is 5.02 Å². The number of hydrogen-bond acceptors (Lipinski definition) is 2. The van der Waals surface area contributed by atoms with Gasteiger partial charge in [-0.3, -0.25) is 0 Å². The van der Waals surface area contributed by atoms with Gasteiger partial charge in [-0.05, 0) is 55.8 Å². The molecule has 112 valence electrons. The second-order valence-corrected chi connectivity index (χ2v) is 6.26. The minimum absolute atomic E-state index is 0.293. The molecule has 0 aliphatic carbocycles. The molecule has 2 nitrogen and oxygen atoms in total. The Kier molecular flexibility index (Phi) is 5.68. The lowest BCUT2D eigenvalue weighted by atomic mass is 10.1. The zero-order valence-corrected chi connectivity index (χ0v) is 14.8. The average Bonchev–Trinajstić information content (AvgIpc) is 2.43. The third kappa shape index (κ3) is 4.22. The van der Waals surface area contributed by atoms with Crippen LogP contribution in [0.15, 0.2) is 40.9 Å². The van der Waals surface area contributed by atoms with E-state index < -0.39 is 0 Å². The minimum Gasteiger partial charge on any atom is -0.456 e. The number of halogens is 2. The fraction of sp³-hybridized carbons (Fsp3) is 0.294. The van der Waals surface area contributed by atoms with E-state index in [1.54, 1.807) is 0 Å². The summed E-state index contributed by atoms with van der Waals surface area (Å²) in [6.07, 6.45) is 0. The fourth-order valence-electron chi connectivity index (χ4n) is 2.15. The van der Waals surface area contributed by atoms with Gasteiger partial charge < -0.3 is 10.1 Å². The predicted octanol–water partition coefficient (Wildman–Crippen LogP) is 5.87. The standard InChI is InChI=1S/C17H19BrClNO/c1-4-20-12(3)14-7-6-13(10-15(14)18)21-17-9-11(2)5-8-16(17)19/h5-10,12,20H,4H2,1-3H3. The van der Waals surface area contributed by atoms with Gasteiger partial charge in [0.15, 0.2) is 0 Å². The summed E-state index contributed by atoms with van der Waals surface area (Å²) in [4.78, 5) is 0. The Morgan fingerprint density at radius 3 is 2.67 bits per heavy atom. The molecule has 0 aliphatic heterocycles. The maximum absolute atomic E-state index is 6.16. The summed E-state index contributed by atoms with van der Waals surface area (Å²) >= 11 is 9.77. The minimum atomic E-state index is 0.293. The Bertz CT molecular complexity index is 630. The smallest absolute Gasteiger partial charge is 0.146 e. The number of hydrogen-bond donors (Lipinski definition) is 1. The maximum atomic E-state index is 6.16. The van der Waals surface area contributed by atoms with Crippen LogP contribution >= 0.6 is 27.5 Å². The summed E-state index contributed by atoms with van der Waals surface area (Å²) in [5.74, 6) is 1.44. The van der Waals surface area contributed by atoms with Crippen molar-refractivity contribution in [2.24, 2.45) is 0 Å². The number of ether oxygens (including phenoxy) is 1.